The van der Waals surface area contributed by atoms with Gasteiger partial charge in [-0.1, -0.05) is 11.6 Å². The van der Waals surface area contributed by atoms with E-state index in [9.17, 15) is 14.9 Å². The second kappa shape index (κ2) is 5.66. The zero-order valence-electron chi connectivity index (χ0n) is 10.2. The van der Waals surface area contributed by atoms with Crippen LogP contribution in [0.5, 0.6) is 0 Å². The molecule has 2 aromatic rings. The van der Waals surface area contributed by atoms with Crippen molar-refractivity contribution in [1.82, 2.24) is 10.2 Å². The van der Waals surface area contributed by atoms with E-state index in [1.165, 1.54) is 12.1 Å². The van der Waals surface area contributed by atoms with Crippen molar-refractivity contribution in [2.24, 2.45) is 0 Å². The number of hydrogen-bond acceptors (Lipinski definition) is 7. The minimum atomic E-state index is -0.735. The number of hydrogen-bond donors (Lipinski definition) is 0. The van der Waals surface area contributed by atoms with Crippen LogP contribution in [0.2, 0.25) is 5.02 Å². The molecule has 1 heterocycles. The summed E-state index contributed by atoms with van der Waals surface area (Å²) in [5, 5.41) is 17.7. The zero-order chi connectivity index (χ0) is 14.7. The molecule has 0 fully saturated rings. The molecule has 0 unspecified atom stereocenters. The van der Waals surface area contributed by atoms with Gasteiger partial charge in [0.05, 0.1) is 15.5 Å². The summed E-state index contributed by atoms with van der Waals surface area (Å²) in [4.78, 5) is 21.7. The maximum absolute atomic E-state index is 11.8. The molecule has 8 nitrogen and oxygen atoms in total. The summed E-state index contributed by atoms with van der Waals surface area (Å²) in [5.74, 6) is -0.237. The number of non-ortho nitro benzene ring substituents is 1. The molecule has 0 aliphatic heterocycles. The first-order valence-corrected chi connectivity index (χ1v) is 5.75. The fourth-order valence-electron chi connectivity index (χ4n) is 1.38. The van der Waals surface area contributed by atoms with E-state index in [-0.39, 0.29) is 28.8 Å². The van der Waals surface area contributed by atoms with Gasteiger partial charge in [0.15, 0.2) is 6.61 Å². The Kier molecular flexibility index (Phi) is 3.94. The van der Waals surface area contributed by atoms with Gasteiger partial charge in [-0.3, -0.25) is 10.1 Å². The molecule has 0 bridgehead atoms. The Morgan fingerprint density at radius 3 is 2.80 bits per heavy atom. The maximum Gasteiger partial charge on any atom is 0.340 e. The molecule has 1 aromatic carbocycles. The molecule has 0 amide bonds. The molecular weight excluding hydrogens is 290 g/mol. The van der Waals surface area contributed by atoms with Crippen molar-refractivity contribution in [2.75, 3.05) is 0 Å². The van der Waals surface area contributed by atoms with Crippen molar-refractivity contribution in [1.29, 1.82) is 0 Å². The fraction of sp³-hybridized carbons (Fsp3) is 0.182. The Morgan fingerprint density at radius 2 is 2.25 bits per heavy atom. The van der Waals surface area contributed by atoms with E-state index in [1.54, 1.807) is 6.92 Å². The number of nitrogens with zero attached hydrogens (tertiary/aromatic N) is 3. The Labute approximate surface area is 117 Å². The molecular formula is C11H8ClN3O5. The first-order valence-electron chi connectivity index (χ1n) is 5.37. The number of halogens is 1. The van der Waals surface area contributed by atoms with Gasteiger partial charge >= 0.3 is 5.97 Å². The first kappa shape index (κ1) is 13.9. The molecule has 0 saturated carbocycles. The fourth-order valence-corrected chi connectivity index (χ4v) is 1.64. The monoisotopic (exact) mass is 297 g/mol. The van der Waals surface area contributed by atoms with E-state index in [2.05, 4.69) is 10.2 Å². The van der Waals surface area contributed by atoms with Gasteiger partial charge in [0.25, 0.3) is 11.6 Å². The number of benzene rings is 1. The van der Waals surface area contributed by atoms with Crippen molar-refractivity contribution in [3.8, 4) is 0 Å². The zero-order valence-corrected chi connectivity index (χ0v) is 11.0. The third-order valence-corrected chi connectivity index (χ3v) is 2.59. The Hall–Kier alpha value is -2.48. The molecule has 0 radical (unpaired) electrons. The summed E-state index contributed by atoms with van der Waals surface area (Å²) in [6.07, 6.45) is 0. The number of nitro benzene ring substituents is 1. The molecule has 20 heavy (non-hydrogen) atoms. The summed E-state index contributed by atoms with van der Waals surface area (Å²) in [6, 6.07) is 3.47. The van der Waals surface area contributed by atoms with Gasteiger partial charge in [0, 0.05) is 19.1 Å². The summed E-state index contributed by atoms with van der Waals surface area (Å²) in [5.41, 5.74) is -0.187. The van der Waals surface area contributed by atoms with E-state index in [1.807, 2.05) is 0 Å². The van der Waals surface area contributed by atoms with Crippen LogP contribution in [0.25, 0.3) is 0 Å². The van der Waals surface area contributed by atoms with Crippen molar-refractivity contribution in [3.05, 3.63) is 50.7 Å². The van der Waals surface area contributed by atoms with Gasteiger partial charge in [-0.15, -0.1) is 10.2 Å². The predicted octanol–water partition coefficient (Wildman–Crippen LogP) is 2.30. The van der Waals surface area contributed by atoms with Gasteiger partial charge in [0.2, 0.25) is 5.89 Å². The number of carbonyl (C=O) groups excluding carboxylic acids is 1. The third-order valence-electron chi connectivity index (χ3n) is 2.28. The summed E-state index contributed by atoms with van der Waals surface area (Å²) >= 11 is 5.80. The van der Waals surface area contributed by atoms with Crippen LogP contribution in [0, 0.1) is 17.0 Å². The minimum Gasteiger partial charge on any atom is -0.452 e. The highest BCUT2D eigenvalue weighted by Gasteiger charge is 2.17. The van der Waals surface area contributed by atoms with Crippen LogP contribution in [-0.2, 0) is 11.3 Å². The van der Waals surface area contributed by atoms with Crippen LogP contribution in [0.1, 0.15) is 22.1 Å². The van der Waals surface area contributed by atoms with Gasteiger partial charge in [0.1, 0.15) is 0 Å². The van der Waals surface area contributed by atoms with Crippen LogP contribution >= 0.6 is 11.6 Å². The smallest absolute Gasteiger partial charge is 0.340 e. The lowest BCUT2D eigenvalue weighted by Crippen LogP contribution is -2.06. The SMILES string of the molecule is Cc1nnc(COC(=O)c2ccc([N+](=O)[O-])cc2Cl)o1. The second-order valence-electron chi connectivity index (χ2n) is 3.71. The lowest BCUT2D eigenvalue weighted by molar-refractivity contribution is -0.384. The molecule has 9 heteroatoms. The highest BCUT2D eigenvalue weighted by atomic mass is 35.5. The average molecular weight is 298 g/mol. The Balaban J connectivity index is 2.07. The molecule has 0 spiro atoms. The Morgan fingerprint density at radius 1 is 1.50 bits per heavy atom. The van der Waals surface area contributed by atoms with Gasteiger partial charge in [-0.2, -0.15) is 0 Å². The average Bonchev–Trinajstić information content (AvgIpc) is 2.81. The van der Waals surface area contributed by atoms with Crippen molar-refractivity contribution in [3.63, 3.8) is 0 Å². The van der Waals surface area contributed by atoms with E-state index in [0.717, 1.165) is 6.07 Å². The molecule has 0 saturated heterocycles. The Bertz CT molecular complexity index is 670. The number of aryl methyl sites for hydroxylation is 1. The molecule has 1 aromatic heterocycles. The first-order chi connectivity index (χ1) is 9.47. The van der Waals surface area contributed by atoms with Crippen molar-refractivity contribution in [2.45, 2.75) is 13.5 Å². The number of aromatic nitrogens is 2. The number of esters is 1. The van der Waals surface area contributed by atoms with E-state index in [0.29, 0.717) is 5.89 Å². The number of nitro groups is 1. The topological polar surface area (TPSA) is 108 Å². The van der Waals surface area contributed by atoms with Crippen molar-refractivity contribution < 1.29 is 18.9 Å². The van der Waals surface area contributed by atoms with Gasteiger partial charge in [-0.05, 0) is 6.07 Å². The molecule has 0 N–H and O–H groups in total. The standard InChI is InChI=1S/C11H8ClN3O5/c1-6-13-14-10(20-6)5-19-11(16)8-3-2-7(15(17)18)4-9(8)12/h2-4H,5H2,1H3. The van der Waals surface area contributed by atoms with Crippen LogP contribution in [0.15, 0.2) is 22.6 Å². The number of ether oxygens (including phenoxy) is 1. The van der Waals surface area contributed by atoms with Crippen molar-refractivity contribution >= 4 is 23.3 Å². The second-order valence-corrected chi connectivity index (χ2v) is 4.12. The van der Waals surface area contributed by atoms with E-state index < -0.39 is 10.9 Å². The highest BCUT2D eigenvalue weighted by Crippen LogP contribution is 2.23. The molecule has 0 aliphatic carbocycles. The summed E-state index contributed by atoms with van der Waals surface area (Å²) < 4.78 is 9.95. The lowest BCUT2D eigenvalue weighted by atomic mass is 10.2. The minimum absolute atomic E-state index is 0.0218. The largest absolute Gasteiger partial charge is 0.452 e. The molecule has 0 atom stereocenters. The third kappa shape index (κ3) is 3.09. The van der Waals surface area contributed by atoms with Gasteiger partial charge in [-0.25, -0.2) is 4.79 Å². The van der Waals surface area contributed by atoms with E-state index in [4.69, 9.17) is 20.8 Å². The number of carbonyl (C=O) groups is 1. The summed E-state index contributed by atoms with van der Waals surface area (Å²) in [6.45, 7) is 1.40. The van der Waals surface area contributed by atoms with Gasteiger partial charge < -0.3 is 9.15 Å². The van der Waals surface area contributed by atoms with Crippen LogP contribution in [-0.4, -0.2) is 21.1 Å². The maximum atomic E-state index is 11.8. The summed E-state index contributed by atoms with van der Waals surface area (Å²) in [7, 11) is 0. The highest BCUT2D eigenvalue weighted by molar-refractivity contribution is 6.33. The number of rotatable bonds is 4. The molecule has 2 rings (SSSR count). The van der Waals surface area contributed by atoms with E-state index >= 15 is 0 Å². The normalized spacial score (nSPS) is 10.3. The van der Waals surface area contributed by atoms with Crippen LogP contribution in [0.4, 0.5) is 5.69 Å². The molecule has 104 valence electrons. The predicted molar refractivity (Wildman–Crippen MR) is 66.3 cm³/mol. The van der Waals surface area contributed by atoms with Crippen LogP contribution in [0.3, 0.4) is 0 Å². The molecule has 0 aliphatic rings. The van der Waals surface area contributed by atoms with Crippen LogP contribution < -0.4 is 0 Å². The lowest BCUT2D eigenvalue weighted by Gasteiger charge is -2.03. The quantitative estimate of drug-likeness (QED) is 0.484.